The van der Waals surface area contributed by atoms with Crippen molar-refractivity contribution in [3.63, 3.8) is 0 Å². The monoisotopic (exact) mass is 512 g/mol. The average molecular weight is 512 g/mol. The molecule has 0 spiro atoms. The van der Waals surface area contributed by atoms with Crippen molar-refractivity contribution in [1.82, 2.24) is 9.78 Å². The van der Waals surface area contributed by atoms with Gasteiger partial charge in [-0.1, -0.05) is 6.07 Å². The Morgan fingerprint density at radius 1 is 1.26 bits per heavy atom. The molecule has 186 valence electrons. The third-order valence-corrected chi connectivity index (χ3v) is 7.01. The fraction of sp³-hybridized carbons (Fsp3) is 0.500. The number of benzene rings is 1. The van der Waals surface area contributed by atoms with Gasteiger partial charge in [0, 0.05) is 23.4 Å². The Kier molecular flexibility index (Phi) is 5.53. The molecule has 34 heavy (non-hydrogen) atoms. The molecule has 1 aromatic carbocycles. The molecule has 3 atom stereocenters. The Balaban J connectivity index is 1.75. The number of alkyl halides is 7. The first kappa shape index (κ1) is 24.5. The third-order valence-electron chi connectivity index (χ3n) is 5.86. The van der Waals surface area contributed by atoms with Crippen LogP contribution in [-0.2, 0) is 28.1 Å². The van der Waals surface area contributed by atoms with Gasteiger partial charge in [-0.15, -0.1) is 0 Å². The number of hydrogen-bond donors (Lipinski definition) is 2. The maximum atomic E-state index is 14.8. The number of rotatable bonds is 6. The first-order valence-electron chi connectivity index (χ1n) is 10.1. The predicted octanol–water partition coefficient (Wildman–Crippen LogP) is 5.35. The number of carbonyl (C=O) groups excluding carboxylic acids is 1. The van der Waals surface area contributed by atoms with E-state index in [0.29, 0.717) is 4.68 Å². The molecule has 2 saturated carbocycles. The molecule has 2 fully saturated rings. The molecule has 2 aliphatic rings. The summed E-state index contributed by atoms with van der Waals surface area (Å²) >= 11 is 0. The van der Waals surface area contributed by atoms with Crippen molar-refractivity contribution in [3.8, 4) is 0 Å². The highest BCUT2D eigenvalue weighted by molar-refractivity contribution is 7.91. The Hall–Kier alpha value is -2.64. The molecule has 2 aromatic rings. The Labute approximate surface area is 189 Å². The van der Waals surface area contributed by atoms with E-state index in [4.69, 9.17) is 4.78 Å². The summed E-state index contributed by atoms with van der Waals surface area (Å²) in [4.78, 5) is 13.0. The molecule has 0 bridgehead atoms. The molecule has 0 saturated heterocycles. The molecule has 2 N–H and O–H groups in total. The lowest BCUT2D eigenvalue weighted by molar-refractivity contribution is -0.151. The van der Waals surface area contributed by atoms with Crippen molar-refractivity contribution in [2.24, 2.45) is 11.8 Å². The lowest BCUT2D eigenvalue weighted by Gasteiger charge is -2.14. The summed E-state index contributed by atoms with van der Waals surface area (Å²) in [6, 6.07) is 5.08. The van der Waals surface area contributed by atoms with Gasteiger partial charge in [0.1, 0.15) is 17.0 Å². The summed E-state index contributed by atoms with van der Waals surface area (Å²) in [5.41, 5.74) is -6.21. The van der Waals surface area contributed by atoms with Crippen LogP contribution in [0.15, 0.2) is 29.2 Å². The number of nitrogens with one attached hydrogen (secondary N) is 2. The Morgan fingerprint density at radius 3 is 2.41 bits per heavy atom. The lowest BCUT2D eigenvalue weighted by atomic mass is 10.1. The van der Waals surface area contributed by atoms with Gasteiger partial charge in [0.2, 0.25) is 0 Å². The second-order valence-electron chi connectivity index (χ2n) is 8.69. The van der Waals surface area contributed by atoms with Crippen LogP contribution in [0.25, 0.3) is 0 Å². The molecule has 1 aromatic heterocycles. The number of aromatic nitrogens is 2. The van der Waals surface area contributed by atoms with Crippen LogP contribution >= 0.6 is 0 Å². The second-order valence-corrected chi connectivity index (χ2v) is 10.8. The van der Waals surface area contributed by atoms with Gasteiger partial charge in [0.15, 0.2) is 5.67 Å². The summed E-state index contributed by atoms with van der Waals surface area (Å²) < 4.78 is 116. The van der Waals surface area contributed by atoms with Crippen LogP contribution in [0.4, 0.5) is 36.4 Å². The van der Waals surface area contributed by atoms with E-state index in [1.54, 1.807) is 0 Å². The van der Waals surface area contributed by atoms with E-state index in [0.717, 1.165) is 12.3 Å². The largest absolute Gasteiger partial charge is 0.420 e. The van der Waals surface area contributed by atoms with E-state index in [1.165, 1.54) is 18.2 Å². The van der Waals surface area contributed by atoms with Gasteiger partial charge in [-0.2, -0.15) is 31.4 Å². The van der Waals surface area contributed by atoms with E-state index in [9.17, 15) is 39.7 Å². The van der Waals surface area contributed by atoms with Crippen molar-refractivity contribution < 1.29 is 39.7 Å². The highest BCUT2D eigenvalue weighted by Gasteiger charge is 2.58. The van der Waals surface area contributed by atoms with Gasteiger partial charge in [-0.25, -0.2) is 13.4 Å². The van der Waals surface area contributed by atoms with Gasteiger partial charge in [-0.05, 0) is 43.4 Å². The van der Waals surface area contributed by atoms with E-state index in [-0.39, 0.29) is 29.8 Å². The number of amides is 1. The van der Waals surface area contributed by atoms with E-state index in [2.05, 4.69) is 10.4 Å². The maximum Gasteiger partial charge on any atom is 0.420 e. The van der Waals surface area contributed by atoms with Gasteiger partial charge in [-0.3, -0.25) is 9.48 Å². The van der Waals surface area contributed by atoms with E-state index < -0.39 is 69.0 Å². The second kappa shape index (κ2) is 7.68. The number of hydrogen-bond acceptors (Lipinski definition) is 4. The molecule has 14 heteroatoms. The summed E-state index contributed by atoms with van der Waals surface area (Å²) in [7, 11) is -3.21. The summed E-state index contributed by atoms with van der Waals surface area (Å²) in [5, 5.41) is 5.83. The third kappa shape index (κ3) is 4.77. The fourth-order valence-corrected chi connectivity index (χ4v) is 4.52. The minimum Gasteiger partial charge on any atom is -0.321 e. The average Bonchev–Trinajstić information content (AvgIpc) is 3.58. The minimum atomic E-state index is -5.20. The molecule has 4 rings (SSSR count). The summed E-state index contributed by atoms with van der Waals surface area (Å²) in [6.07, 6.45) is -9.47. The quantitative estimate of drug-likeness (QED) is 0.512. The number of halogens is 7. The molecular formula is C20H19F7N4O2S. The molecule has 6 nitrogen and oxygen atoms in total. The first-order chi connectivity index (χ1) is 15.5. The zero-order chi connectivity index (χ0) is 25.3. The Bertz CT molecular complexity index is 1250. The zero-order valence-electron chi connectivity index (χ0n) is 17.6. The lowest BCUT2D eigenvalue weighted by Crippen LogP contribution is -2.24. The topological polar surface area (TPSA) is 87.8 Å². The molecule has 1 heterocycles. The van der Waals surface area contributed by atoms with Gasteiger partial charge in [0.05, 0.1) is 15.6 Å². The van der Waals surface area contributed by atoms with Gasteiger partial charge >= 0.3 is 12.4 Å². The van der Waals surface area contributed by atoms with Crippen molar-refractivity contribution in [3.05, 3.63) is 41.2 Å². The van der Waals surface area contributed by atoms with Crippen LogP contribution in [-0.4, -0.2) is 32.3 Å². The Morgan fingerprint density at radius 2 is 1.91 bits per heavy atom. The van der Waals surface area contributed by atoms with Crippen LogP contribution in [0, 0.1) is 16.6 Å². The molecule has 1 unspecified atom stereocenters. The van der Waals surface area contributed by atoms with Crippen LogP contribution in [0.5, 0.6) is 0 Å². The van der Waals surface area contributed by atoms with Crippen LogP contribution in [0.3, 0.4) is 0 Å². The van der Waals surface area contributed by atoms with E-state index in [1.807, 2.05) is 0 Å². The van der Waals surface area contributed by atoms with Crippen LogP contribution in [0.2, 0.25) is 0 Å². The number of nitrogens with zero attached hydrogens (tertiary/aromatic N) is 2. The number of carbonyl (C=O) groups is 1. The predicted molar refractivity (Wildman–Crippen MR) is 106 cm³/mol. The van der Waals surface area contributed by atoms with Crippen molar-refractivity contribution in [2.75, 3.05) is 11.6 Å². The SMILES string of the molecule is C[S@@](=N)(=O)c1cccc(NC(=O)c2c(C(F)(F)F)c(C3(F)CC3)nn2CC2C[C@@H]2C(F)(F)F)c1. The van der Waals surface area contributed by atoms with Crippen molar-refractivity contribution in [2.45, 2.75) is 48.7 Å². The normalized spacial score (nSPS) is 23.3. The molecule has 0 aliphatic heterocycles. The smallest absolute Gasteiger partial charge is 0.321 e. The van der Waals surface area contributed by atoms with E-state index >= 15 is 0 Å². The molecule has 0 radical (unpaired) electrons. The van der Waals surface area contributed by atoms with Crippen molar-refractivity contribution in [1.29, 1.82) is 4.78 Å². The first-order valence-corrected chi connectivity index (χ1v) is 12.1. The maximum absolute atomic E-state index is 14.8. The van der Waals surface area contributed by atoms with Crippen LogP contribution < -0.4 is 5.32 Å². The molecular weight excluding hydrogens is 493 g/mol. The number of anilines is 1. The zero-order valence-corrected chi connectivity index (χ0v) is 18.4. The van der Waals surface area contributed by atoms with Crippen LogP contribution in [0.1, 0.15) is 41.0 Å². The standard InChI is InChI=1S/C20H19F7N4O2S/c1-34(28,33)12-4-2-3-11(8-12)29-17(32)15-14(20(25,26)27)16(18(21)5-6-18)30-31(15)9-10-7-13(10)19(22,23)24/h2-4,8,10,13,28H,5-7,9H2,1H3,(H,29,32)/t10?,13-,34+/m0/s1. The highest BCUT2D eigenvalue weighted by atomic mass is 32.2. The summed E-state index contributed by atoms with van der Waals surface area (Å²) in [5.74, 6) is -4.19. The van der Waals surface area contributed by atoms with Gasteiger partial charge < -0.3 is 5.32 Å². The van der Waals surface area contributed by atoms with Crippen molar-refractivity contribution >= 4 is 21.3 Å². The summed E-state index contributed by atoms with van der Waals surface area (Å²) in [6.45, 7) is -0.637. The fourth-order valence-electron chi connectivity index (χ4n) is 3.83. The molecule has 1 amide bonds. The minimum absolute atomic E-state index is 0.00207. The molecule has 2 aliphatic carbocycles. The van der Waals surface area contributed by atoms with Gasteiger partial charge in [0.25, 0.3) is 5.91 Å². The highest BCUT2D eigenvalue weighted by Crippen LogP contribution is 2.54.